The minimum Gasteiger partial charge on any atom is -0.377 e. The lowest BCUT2D eigenvalue weighted by atomic mass is 9.71. The van der Waals surface area contributed by atoms with Crippen molar-refractivity contribution in [2.45, 2.75) is 87.9 Å². The van der Waals surface area contributed by atoms with Crippen LogP contribution in [0.25, 0.3) is 0 Å². The minimum absolute atomic E-state index is 0.0438. The summed E-state index contributed by atoms with van der Waals surface area (Å²) in [5.41, 5.74) is 6.82. The summed E-state index contributed by atoms with van der Waals surface area (Å²) in [6.07, 6.45) is 13.7. The molecule has 20 heavy (non-hydrogen) atoms. The Hall–Kier alpha value is -0.120. The Bertz CT molecular complexity index is 313. The lowest BCUT2D eigenvalue weighted by molar-refractivity contribution is -0.135. The SMILES string of the molecule is COC1(C(N)C2CCOC3(CCCCC3)C2)CCCC1. The molecule has 0 radical (unpaired) electrons. The normalized spacial score (nSPS) is 34.2. The molecule has 1 saturated heterocycles. The Kier molecular flexibility index (Phi) is 4.40. The monoisotopic (exact) mass is 281 g/mol. The largest absolute Gasteiger partial charge is 0.377 e. The molecule has 3 rings (SSSR count). The first kappa shape index (κ1) is 14.8. The number of hydrogen-bond donors (Lipinski definition) is 1. The van der Waals surface area contributed by atoms with E-state index in [1.54, 1.807) is 0 Å². The second-order valence-electron chi connectivity index (χ2n) is 7.35. The lowest BCUT2D eigenvalue weighted by Crippen LogP contribution is -2.56. The average Bonchev–Trinajstić information content (AvgIpc) is 2.97. The van der Waals surface area contributed by atoms with Gasteiger partial charge in [-0.3, -0.25) is 0 Å². The fraction of sp³-hybridized carbons (Fsp3) is 1.00. The van der Waals surface area contributed by atoms with Crippen LogP contribution in [0.4, 0.5) is 0 Å². The van der Waals surface area contributed by atoms with Crippen molar-refractivity contribution in [2.75, 3.05) is 13.7 Å². The number of ether oxygens (including phenoxy) is 2. The van der Waals surface area contributed by atoms with Gasteiger partial charge in [-0.05, 0) is 44.4 Å². The van der Waals surface area contributed by atoms with E-state index < -0.39 is 0 Å². The van der Waals surface area contributed by atoms with Gasteiger partial charge in [-0.25, -0.2) is 0 Å². The van der Waals surface area contributed by atoms with E-state index in [0.29, 0.717) is 5.92 Å². The van der Waals surface area contributed by atoms with E-state index in [4.69, 9.17) is 15.2 Å². The van der Waals surface area contributed by atoms with Crippen LogP contribution in [0.2, 0.25) is 0 Å². The number of hydrogen-bond acceptors (Lipinski definition) is 3. The van der Waals surface area contributed by atoms with Gasteiger partial charge < -0.3 is 15.2 Å². The van der Waals surface area contributed by atoms with Crippen molar-refractivity contribution < 1.29 is 9.47 Å². The molecule has 3 nitrogen and oxygen atoms in total. The molecule has 1 aliphatic heterocycles. The van der Waals surface area contributed by atoms with Gasteiger partial charge in [0.1, 0.15) is 0 Å². The average molecular weight is 281 g/mol. The van der Waals surface area contributed by atoms with E-state index in [0.717, 1.165) is 25.9 Å². The predicted octanol–water partition coefficient (Wildman–Crippen LogP) is 3.40. The molecule has 3 fully saturated rings. The quantitative estimate of drug-likeness (QED) is 0.862. The molecule has 2 N–H and O–H groups in total. The van der Waals surface area contributed by atoms with Gasteiger partial charge in [0.15, 0.2) is 0 Å². The second kappa shape index (κ2) is 5.94. The topological polar surface area (TPSA) is 44.5 Å². The zero-order valence-electron chi connectivity index (χ0n) is 13.0. The summed E-state index contributed by atoms with van der Waals surface area (Å²) in [5, 5.41) is 0. The third-order valence-electron chi connectivity index (χ3n) is 6.27. The maximum Gasteiger partial charge on any atom is 0.0831 e. The van der Waals surface area contributed by atoms with Gasteiger partial charge >= 0.3 is 0 Å². The van der Waals surface area contributed by atoms with Crippen molar-refractivity contribution in [1.82, 2.24) is 0 Å². The van der Waals surface area contributed by atoms with Crippen LogP contribution < -0.4 is 5.73 Å². The molecule has 116 valence electrons. The second-order valence-corrected chi connectivity index (χ2v) is 7.35. The first-order valence-electron chi connectivity index (χ1n) is 8.64. The first-order chi connectivity index (χ1) is 9.70. The number of methoxy groups -OCH3 is 1. The molecule has 1 spiro atoms. The molecule has 0 aromatic heterocycles. The maximum absolute atomic E-state index is 6.71. The van der Waals surface area contributed by atoms with Crippen LogP contribution in [0.1, 0.15) is 70.6 Å². The van der Waals surface area contributed by atoms with Crippen molar-refractivity contribution in [2.24, 2.45) is 11.7 Å². The summed E-state index contributed by atoms with van der Waals surface area (Å²) in [5.74, 6) is 0.583. The number of rotatable bonds is 3. The van der Waals surface area contributed by atoms with Gasteiger partial charge in [0.05, 0.1) is 11.2 Å². The van der Waals surface area contributed by atoms with Gasteiger partial charge in [-0.2, -0.15) is 0 Å². The molecule has 2 saturated carbocycles. The smallest absolute Gasteiger partial charge is 0.0831 e. The minimum atomic E-state index is -0.0438. The molecule has 0 amide bonds. The highest BCUT2D eigenvalue weighted by Crippen LogP contribution is 2.45. The zero-order chi connectivity index (χ0) is 14.1. The Morgan fingerprint density at radius 3 is 2.35 bits per heavy atom. The summed E-state index contributed by atoms with van der Waals surface area (Å²) in [6.45, 7) is 0.901. The Balaban J connectivity index is 1.69. The fourth-order valence-electron chi connectivity index (χ4n) is 4.99. The molecule has 2 aliphatic carbocycles. The first-order valence-corrected chi connectivity index (χ1v) is 8.64. The molecule has 2 unspecified atom stereocenters. The standard InChI is InChI=1S/C17H31NO2/c1-19-17(10-5-6-11-17)15(18)14-7-12-20-16(13-14)8-3-2-4-9-16/h14-15H,2-13,18H2,1H3. The molecular formula is C17H31NO2. The highest BCUT2D eigenvalue weighted by atomic mass is 16.5. The van der Waals surface area contributed by atoms with Crippen molar-refractivity contribution >= 4 is 0 Å². The molecule has 3 aliphatic rings. The molecule has 3 heteroatoms. The third-order valence-corrected chi connectivity index (χ3v) is 6.27. The van der Waals surface area contributed by atoms with Crippen LogP contribution >= 0.6 is 0 Å². The van der Waals surface area contributed by atoms with E-state index in [9.17, 15) is 0 Å². The van der Waals surface area contributed by atoms with Gasteiger partial charge in [0.2, 0.25) is 0 Å². The van der Waals surface area contributed by atoms with Crippen LogP contribution in [0.15, 0.2) is 0 Å². The highest BCUT2D eigenvalue weighted by molar-refractivity contribution is 5.02. The highest BCUT2D eigenvalue weighted by Gasteiger charge is 2.47. The number of nitrogens with two attached hydrogens (primary N) is 1. The van der Waals surface area contributed by atoms with Crippen molar-refractivity contribution in [1.29, 1.82) is 0 Å². The molecule has 0 aromatic carbocycles. The van der Waals surface area contributed by atoms with E-state index in [-0.39, 0.29) is 17.2 Å². The van der Waals surface area contributed by atoms with Crippen LogP contribution in [0, 0.1) is 5.92 Å². The van der Waals surface area contributed by atoms with Gasteiger partial charge in [-0.1, -0.05) is 32.1 Å². The van der Waals surface area contributed by atoms with Gasteiger partial charge in [0, 0.05) is 19.8 Å². The van der Waals surface area contributed by atoms with Crippen LogP contribution in [0.5, 0.6) is 0 Å². The summed E-state index contributed by atoms with van der Waals surface area (Å²) in [4.78, 5) is 0. The Morgan fingerprint density at radius 1 is 1.05 bits per heavy atom. The molecule has 2 atom stereocenters. The Labute approximate surface area is 123 Å². The van der Waals surface area contributed by atoms with Crippen molar-refractivity contribution in [3.8, 4) is 0 Å². The molecule has 1 heterocycles. The zero-order valence-corrected chi connectivity index (χ0v) is 13.0. The third kappa shape index (κ3) is 2.65. The van der Waals surface area contributed by atoms with Crippen molar-refractivity contribution in [3.05, 3.63) is 0 Å². The van der Waals surface area contributed by atoms with Crippen LogP contribution in [-0.4, -0.2) is 31.0 Å². The maximum atomic E-state index is 6.71. The fourth-order valence-corrected chi connectivity index (χ4v) is 4.99. The Morgan fingerprint density at radius 2 is 1.70 bits per heavy atom. The lowest BCUT2D eigenvalue weighted by Gasteiger charge is -2.48. The van der Waals surface area contributed by atoms with E-state index in [1.807, 2.05) is 7.11 Å². The van der Waals surface area contributed by atoms with Gasteiger partial charge in [0.25, 0.3) is 0 Å². The van der Waals surface area contributed by atoms with Crippen molar-refractivity contribution in [3.63, 3.8) is 0 Å². The summed E-state index contributed by atoms with van der Waals surface area (Å²) >= 11 is 0. The summed E-state index contributed by atoms with van der Waals surface area (Å²) in [7, 11) is 1.86. The molecule has 0 aromatic rings. The van der Waals surface area contributed by atoms with E-state index >= 15 is 0 Å². The van der Waals surface area contributed by atoms with E-state index in [2.05, 4.69) is 0 Å². The predicted molar refractivity (Wildman–Crippen MR) is 80.7 cm³/mol. The molecular weight excluding hydrogens is 250 g/mol. The van der Waals surface area contributed by atoms with Crippen LogP contribution in [-0.2, 0) is 9.47 Å². The summed E-state index contributed by atoms with van der Waals surface area (Å²) < 4.78 is 12.1. The van der Waals surface area contributed by atoms with E-state index in [1.165, 1.54) is 51.4 Å². The molecule has 0 bridgehead atoms. The summed E-state index contributed by atoms with van der Waals surface area (Å²) in [6, 6.07) is 0.192. The van der Waals surface area contributed by atoms with Gasteiger partial charge in [-0.15, -0.1) is 0 Å². The van der Waals surface area contributed by atoms with Crippen LogP contribution in [0.3, 0.4) is 0 Å².